The van der Waals surface area contributed by atoms with Gasteiger partial charge in [-0.25, -0.2) is 4.79 Å². The number of pyridine rings is 1. The Balaban J connectivity index is 1.74. The maximum atomic E-state index is 11.6. The first kappa shape index (κ1) is 14.8. The maximum absolute atomic E-state index is 11.6. The van der Waals surface area contributed by atoms with Gasteiger partial charge in [0.15, 0.2) is 0 Å². The molecule has 0 radical (unpaired) electrons. The normalized spacial score (nSPS) is 23.0. The molecular weight excluding hydrogens is 254 g/mol. The number of hydrogen-bond donors (Lipinski definition) is 2. The molecule has 0 aliphatic heterocycles. The molecule has 1 fully saturated rings. The predicted octanol–water partition coefficient (Wildman–Crippen LogP) is 2.40. The number of amides is 1. The van der Waals surface area contributed by atoms with E-state index in [4.69, 9.17) is 4.74 Å². The third-order valence-electron chi connectivity index (χ3n) is 3.16. The Bertz CT molecular complexity index is 456. The first-order chi connectivity index (χ1) is 9.35. The molecule has 2 rings (SSSR count). The first-order valence-corrected chi connectivity index (χ1v) is 7.00. The standard InChI is InChI=1S/C15H23N3O2/c1-10(11-5-7-16-8-6-11)17-12-9-13(12)18-14(19)20-15(2,3)4/h5-8,10,12-13,17H,9H2,1-4H3,(H,18,19). The van der Waals surface area contributed by atoms with Crippen molar-refractivity contribution in [2.24, 2.45) is 0 Å². The van der Waals surface area contributed by atoms with Crippen molar-refractivity contribution >= 4 is 6.09 Å². The molecule has 3 unspecified atom stereocenters. The molecule has 2 N–H and O–H groups in total. The van der Waals surface area contributed by atoms with E-state index in [2.05, 4.69) is 22.5 Å². The molecular formula is C15H23N3O2. The fourth-order valence-electron chi connectivity index (χ4n) is 2.07. The molecule has 1 aromatic rings. The molecule has 1 aliphatic carbocycles. The smallest absolute Gasteiger partial charge is 0.407 e. The van der Waals surface area contributed by atoms with Crippen LogP contribution < -0.4 is 10.6 Å². The number of nitrogens with one attached hydrogen (secondary N) is 2. The summed E-state index contributed by atoms with van der Waals surface area (Å²) >= 11 is 0. The van der Waals surface area contributed by atoms with E-state index < -0.39 is 5.60 Å². The van der Waals surface area contributed by atoms with Crippen LogP contribution >= 0.6 is 0 Å². The van der Waals surface area contributed by atoms with Crippen LogP contribution in [0, 0.1) is 0 Å². The average molecular weight is 277 g/mol. The summed E-state index contributed by atoms with van der Waals surface area (Å²) < 4.78 is 5.24. The van der Waals surface area contributed by atoms with Gasteiger partial charge in [-0.05, 0) is 51.8 Å². The van der Waals surface area contributed by atoms with Crippen LogP contribution in [-0.4, -0.2) is 28.8 Å². The zero-order valence-corrected chi connectivity index (χ0v) is 12.5. The summed E-state index contributed by atoms with van der Waals surface area (Å²) in [6, 6.07) is 4.71. The Labute approximate surface area is 120 Å². The second-order valence-electron chi connectivity index (χ2n) is 6.26. The molecule has 5 nitrogen and oxygen atoms in total. The van der Waals surface area contributed by atoms with Gasteiger partial charge in [0.2, 0.25) is 0 Å². The molecule has 1 aromatic heterocycles. The highest BCUT2D eigenvalue weighted by Gasteiger charge is 2.39. The summed E-state index contributed by atoms with van der Waals surface area (Å²) in [5, 5.41) is 6.37. The van der Waals surface area contributed by atoms with Crippen molar-refractivity contribution in [1.82, 2.24) is 15.6 Å². The topological polar surface area (TPSA) is 63.2 Å². The summed E-state index contributed by atoms with van der Waals surface area (Å²) in [4.78, 5) is 15.7. The van der Waals surface area contributed by atoms with E-state index in [1.165, 1.54) is 5.56 Å². The zero-order chi connectivity index (χ0) is 14.8. The van der Waals surface area contributed by atoms with E-state index >= 15 is 0 Å². The number of carbonyl (C=O) groups is 1. The van der Waals surface area contributed by atoms with E-state index in [-0.39, 0.29) is 18.2 Å². The monoisotopic (exact) mass is 277 g/mol. The number of alkyl carbamates (subject to hydrolysis) is 1. The van der Waals surface area contributed by atoms with E-state index in [1.807, 2.05) is 32.9 Å². The third kappa shape index (κ3) is 4.49. The number of hydrogen-bond acceptors (Lipinski definition) is 4. The molecule has 0 saturated heterocycles. The summed E-state index contributed by atoms with van der Waals surface area (Å²) in [5.74, 6) is 0. The van der Waals surface area contributed by atoms with Gasteiger partial charge in [-0.15, -0.1) is 0 Å². The number of ether oxygens (including phenoxy) is 1. The summed E-state index contributed by atoms with van der Waals surface area (Å²) in [6.07, 6.45) is 4.17. The van der Waals surface area contributed by atoms with Crippen LogP contribution in [0.2, 0.25) is 0 Å². The third-order valence-corrected chi connectivity index (χ3v) is 3.16. The number of rotatable bonds is 4. The molecule has 0 spiro atoms. The van der Waals surface area contributed by atoms with Crippen LogP contribution in [0.15, 0.2) is 24.5 Å². The summed E-state index contributed by atoms with van der Waals surface area (Å²) in [5.41, 5.74) is 0.745. The van der Waals surface area contributed by atoms with Gasteiger partial charge in [-0.1, -0.05) is 0 Å². The van der Waals surface area contributed by atoms with Crippen LogP contribution in [0.5, 0.6) is 0 Å². The molecule has 1 saturated carbocycles. The van der Waals surface area contributed by atoms with Crippen LogP contribution in [-0.2, 0) is 4.74 Å². The van der Waals surface area contributed by atoms with Crippen molar-refractivity contribution in [2.75, 3.05) is 0 Å². The van der Waals surface area contributed by atoms with Gasteiger partial charge in [0, 0.05) is 30.5 Å². The largest absolute Gasteiger partial charge is 0.444 e. The van der Waals surface area contributed by atoms with Crippen LogP contribution in [0.4, 0.5) is 4.79 Å². The molecule has 20 heavy (non-hydrogen) atoms. The number of carbonyl (C=O) groups excluding carboxylic acids is 1. The van der Waals surface area contributed by atoms with E-state index in [1.54, 1.807) is 12.4 Å². The molecule has 0 aromatic carbocycles. The van der Waals surface area contributed by atoms with Gasteiger partial charge < -0.3 is 15.4 Å². The van der Waals surface area contributed by atoms with Crippen LogP contribution in [0.1, 0.15) is 45.7 Å². The van der Waals surface area contributed by atoms with Crippen molar-refractivity contribution in [3.8, 4) is 0 Å². The second kappa shape index (κ2) is 5.79. The van der Waals surface area contributed by atoms with E-state index in [0.717, 1.165) is 6.42 Å². The molecule has 1 aliphatic rings. The van der Waals surface area contributed by atoms with Crippen molar-refractivity contribution < 1.29 is 9.53 Å². The Morgan fingerprint density at radius 3 is 2.60 bits per heavy atom. The maximum Gasteiger partial charge on any atom is 0.407 e. The highest BCUT2D eigenvalue weighted by molar-refractivity contribution is 5.68. The van der Waals surface area contributed by atoms with Crippen LogP contribution in [0.25, 0.3) is 0 Å². The van der Waals surface area contributed by atoms with E-state index in [9.17, 15) is 4.79 Å². The highest BCUT2D eigenvalue weighted by atomic mass is 16.6. The number of nitrogens with zero attached hydrogens (tertiary/aromatic N) is 1. The summed E-state index contributed by atoms with van der Waals surface area (Å²) in [7, 11) is 0. The van der Waals surface area contributed by atoms with Gasteiger partial charge >= 0.3 is 6.09 Å². The fraction of sp³-hybridized carbons (Fsp3) is 0.600. The van der Waals surface area contributed by atoms with Gasteiger partial charge in [0.1, 0.15) is 5.60 Å². The minimum Gasteiger partial charge on any atom is -0.444 e. The second-order valence-corrected chi connectivity index (χ2v) is 6.26. The molecule has 3 atom stereocenters. The Morgan fingerprint density at radius 1 is 1.35 bits per heavy atom. The summed E-state index contributed by atoms with van der Waals surface area (Å²) in [6.45, 7) is 7.69. The minimum absolute atomic E-state index is 0.161. The molecule has 5 heteroatoms. The molecule has 110 valence electrons. The van der Waals surface area contributed by atoms with Crippen molar-refractivity contribution in [3.63, 3.8) is 0 Å². The van der Waals surface area contributed by atoms with Crippen molar-refractivity contribution in [1.29, 1.82) is 0 Å². The van der Waals surface area contributed by atoms with E-state index in [0.29, 0.717) is 6.04 Å². The average Bonchev–Trinajstić information content (AvgIpc) is 3.05. The Kier molecular flexibility index (Phi) is 4.28. The Morgan fingerprint density at radius 2 is 2.00 bits per heavy atom. The minimum atomic E-state index is -0.452. The lowest BCUT2D eigenvalue weighted by Crippen LogP contribution is -2.37. The lowest BCUT2D eigenvalue weighted by Gasteiger charge is -2.20. The fourth-order valence-corrected chi connectivity index (χ4v) is 2.07. The van der Waals surface area contributed by atoms with Gasteiger partial charge in [-0.3, -0.25) is 4.98 Å². The predicted molar refractivity (Wildman–Crippen MR) is 77.4 cm³/mol. The highest BCUT2D eigenvalue weighted by Crippen LogP contribution is 2.25. The lowest BCUT2D eigenvalue weighted by molar-refractivity contribution is 0.0522. The van der Waals surface area contributed by atoms with Gasteiger partial charge in [-0.2, -0.15) is 0 Å². The SMILES string of the molecule is CC(NC1CC1NC(=O)OC(C)(C)C)c1ccncc1. The van der Waals surface area contributed by atoms with Crippen molar-refractivity contribution in [3.05, 3.63) is 30.1 Å². The molecule has 1 heterocycles. The van der Waals surface area contributed by atoms with Gasteiger partial charge in [0.25, 0.3) is 0 Å². The number of aromatic nitrogens is 1. The lowest BCUT2D eigenvalue weighted by atomic mass is 10.1. The first-order valence-electron chi connectivity index (χ1n) is 7.00. The Hall–Kier alpha value is -1.62. The zero-order valence-electron chi connectivity index (χ0n) is 12.5. The van der Waals surface area contributed by atoms with Crippen LogP contribution in [0.3, 0.4) is 0 Å². The quantitative estimate of drug-likeness (QED) is 0.887. The van der Waals surface area contributed by atoms with Crippen molar-refractivity contribution in [2.45, 2.75) is 57.8 Å². The van der Waals surface area contributed by atoms with Gasteiger partial charge in [0.05, 0.1) is 0 Å². The molecule has 1 amide bonds. The molecule has 0 bridgehead atoms.